The quantitative estimate of drug-likeness (QED) is 0.554. The molecular formula is C26H35NO2. The van der Waals surface area contributed by atoms with Crippen LogP contribution >= 0.6 is 0 Å². The van der Waals surface area contributed by atoms with Gasteiger partial charge < -0.3 is 4.74 Å². The summed E-state index contributed by atoms with van der Waals surface area (Å²) in [5.74, 6) is 0.413. The highest BCUT2D eigenvalue weighted by atomic mass is 16.6. The largest absolute Gasteiger partial charge is 0.460 e. The molecule has 0 amide bonds. The first-order valence-corrected chi connectivity index (χ1v) is 10.9. The summed E-state index contributed by atoms with van der Waals surface area (Å²) in [6.45, 7) is 9.80. The third kappa shape index (κ3) is 5.93. The number of carbonyl (C=O) groups excluding carboxylic acids is 1. The molecule has 1 aliphatic carbocycles. The Morgan fingerprint density at radius 3 is 1.90 bits per heavy atom. The van der Waals surface area contributed by atoms with Gasteiger partial charge in [0.25, 0.3) is 0 Å². The van der Waals surface area contributed by atoms with Gasteiger partial charge in [-0.25, -0.2) is 0 Å². The fraction of sp³-hybridized carbons (Fsp3) is 0.500. The van der Waals surface area contributed by atoms with E-state index in [4.69, 9.17) is 4.74 Å². The number of benzene rings is 2. The zero-order valence-corrected chi connectivity index (χ0v) is 18.3. The minimum Gasteiger partial charge on any atom is -0.460 e. The molecule has 0 saturated heterocycles. The van der Waals surface area contributed by atoms with E-state index in [9.17, 15) is 4.79 Å². The van der Waals surface area contributed by atoms with Crippen LogP contribution in [0.4, 0.5) is 0 Å². The molecule has 3 nitrogen and oxygen atoms in total. The molecule has 3 atom stereocenters. The van der Waals surface area contributed by atoms with E-state index in [1.807, 2.05) is 20.8 Å². The molecule has 0 bridgehead atoms. The van der Waals surface area contributed by atoms with E-state index in [1.54, 1.807) is 0 Å². The standard InChI is InChI=1S/C26H35NO2/c1-5-22-16-17-23(25(28)29-26(2,3)4)24(22)27(18-20-12-8-6-9-13-20)19-21-14-10-7-11-15-21/h6-15,22-24H,5,16-19H2,1-4H3/t22-,23+,24+/m1/s1. The van der Waals surface area contributed by atoms with Gasteiger partial charge in [-0.3, -0.25) is 9.69 Å². The second-order valence-electron chi connectivity index (χ2n) is 9.25. The monoisotopic (exact) mass is 393 g/mol. The lowest BCUT2D eigenvalue weighted by molar-refractivity contribution is -0.162. The molecule has 29 heavy (non-hydrogen) atoms. The Morgan fingerprint density at radius 2 is 1.45 bits per heavy atom. The topological polar surface area (TPSA) is 29.5 Å². The summed E-state index contributed by atoms with van der Waals surface area (Å²) in [6, 6.07) is 21.4. The van der Waals surface area contributed by atoms with E-state index in [1.165, 1.54) is 11.1 Å². The summed E-state index contributed by atoms with van der Waals surface area (Å²) < 4.78 is 5.83. The van der Waals surface area contributed by atoms with Gasteiger partial charge in [0.15, 0.2) is 0 Å². The van der Waals surface area contributed by atoms with E-state index < -0.39 is 5.60 Å². The summed E-state index contributed by atoms with van der Waals surface area (Å²) in [5.41, 5.74) is 2.12. The van der Waals surface area contributed by atoms with Crippen molar-refractivity contribution in [2.75, 3.05) is 0 Å². The van der Waals surface area contributed by atoms with Crippen molar-refractivity contribution in [1.82, 2.24) is 4.90 Å². The molecule has 156 valence electrons. The second kappa shape index (κ2) is 9.58. The molecule has 1 fully saturated rings. The fourth-order valence-corrected chi connectivity index (χ4v) is 4.60. The van der Waals surface area contributed by atoms with Crippen molar-refractivity contribution in [3.8, 4) is 0 Å². The van der Waals surface area contributed by atoms with E-state index >= 15 is 0 Å². The molecule has 0 radical (unpaired) electrons. The molecule has 3 heteroatoms. The smallest absolute Gasteiger partial charge is 0.311 e. The Labute approximate surface area is 176 Å². The fourth-order valence-electron chi connectivity index (χ4n) is 4.60. The molecule has 2 aromatic rings. The first-order chi connectivity index (χ1) is 13.9. The van der Waals surface area contributed by atoms with Crippen LogP contribution in [0.25, 0.3) is 0 Å². The Bertz CT molecular complexity index is 725. The van der Waals surface area contributed by atoms with Crippen LogP contribution in [0.5, 0.6) is 0 Å². The summed E-state index contributed by atoms with van der Waals surface area (Å²) in [5, 5.41) is 0. The van der Waals surface area contributed by atoms with Crippen molar-refractivity contribution in [2.45, 2.75) is 71.7 Å². The molecule has 1 aliphatic rings. The van der Waals surface area contributed by atoms with E-state index in [2.05, 4.69) is 72.5 Å². The van der Waals surface area contributed by atoms with Gasteiger partial charge in [-0.1, -0.05) is 74.0 Å². The van der Waals surface area contributed by atoms with E-state index in [0.717, 1.165) is 32.4 Å². The van der Waals surface area contributed by atoms with Crippen LogP contribution in [0.3, 0.4) is 0 Å². The molecule has 1 saturated carbocycles. The lowest BCUT2D eigenvalue weighted by atomic mass is 9.92. The van der Waals surface area contributed by atoms with Crippen LogP contribution in [-0.4, -0.2) is 22.5 Å². The Hall–Kier alpha value is -2.13. The third-order valence-corrected chi connectivity index (χ3v) is 5.86. The predicted octanol–water partition coefficient (Wildman–Crippen LogP) is 5.84. The van der Waals surface area contributed by atoms with Gasteiger partial charge in [-0.2, -0.15) is 0 Å². The number of hydrogen-bond acceptors (Lipinski definition) is 3. The summed E-state index contributed by atoms with van der Waals surface area (Å²) in [6.07, 6.45) is 3.09. The van der Waals surface area contributed by atoms with Gasteiger partial charge in [-0.05, 0) is 50.7 Å². The summed E-state index contributed by atoms with van der Waals surface area (Å²) >= 11 is 0. The van der Waals surface area contributed by atoms with Gasteiger partial charge in [0.1, 0.15) is 5.60 Å². The van der Waals surface area contributed by atoms with Gasteiger partial charge >= 0.3 is 5.97 Å². The number of rotatable bonds is 7. The molecule has 2 aromatic carbocycles. The molecule has 0 N–H and O–H groups in total. The number of carbonyl (C=O) groups is 1. The highest BCUT2D eigenvalue weighted by Gasteiger charge is 2.44. The van der Waals surface area contributed by atoms with Gasteiger partial charge in [0.05, 0.1) is 5.92 Å². The molecule has 0 spiro atoms. The van der Waals surface area contributed by atoms with Gasteiger partial charge in [0.2, 0.25) is 0 Å². The molecule has 0 heterocycles. The zero-order valence-electron chi connectivity index (χ0n) is 18.3. The molecular weight excluding hydrogens is 358 g/mol. The van der Waals surface area contributed by atoms with Crippen molar-refractivity contribution in [2.24, 2.45) is 11.8 Å². The number of esters is 1. The van der Waals surface area contributed by atoms with Crippen molar-refractivity contribution >= 4 is 5.97 Å². The first kappa shape index (κ1) is 21.6. The predicted molar refractivity (Wildman–Crippen MR) is 118 cm³/mol. The summed E-state index contributed by atoms with van der Waals surface area (Å²) in [4.78, 5) is 15.6. The zero-order chi connectivity index (χ0) is 20.9. The second-order valence-corrected chi connectivity index (χ2v) is 9.25. The maximum atomic E-state index is 13.1. The number of ether oxygens (including phenoxy) is 1. The van der Waals surface area contributed by atoms with Crippen molar-refractivity contribution in [3.63, 3.8) is 0 Å². The van der Waals surface area contributed by atoms with Crippen molar-refractivity contribution in [3.05, 3.63) is 71.8 Å². The van der Waals surface area contributed by atoms with E-state index in [-0.39, 0.29) is 17.9 Å². The molecule has 0 aliphatic heterocycles. The number of hydrogen-bond donors (Lipinski definition) is 0. The minimum atomic E-state index is -0.449. The Balaban J connectivity index is 1.89. The maximum Gasteiger partial charge on any atom is 0.311 e. The van der Waals surface area contributed by atoms with Crippen LogP contribution < -0.4 is 0 Å². The average Bonchev–Trinajstić information content (AvgIpc) is 3.12. The average molecular weight is 394 g/mol. The van der Waals surface area contributed by atoms with Crippen molar-refractivity contribution < 1.29 is 9.53 Å². The van der Waals surface area contributed by atoms with Crippen LogP contribution in [0.15, 0.2) is 60.7 Å². The number of nitrogens with zero attached hydrogens (tertiary/aromatic N) is 1. The maximum absolute atomic E-state index is 13.1. The molecule has 0 unspecified atom stereocenters. The van der Waals surface area contributed by atoms with Crippen LogP contribution in [-0.2, 0) is 22.6 Å². The molecule has 3 rings (SSSR count). The van der Waals surface area contributed by atoms with Crippen LogP contribution in [0.1, 0.15) is 58.1 Å². The summed E-state index contributed by atoms with van der Waals surface area (Å²) in [7, 11) is 0. The molecule has 0 aromatic heterocycles. The van der Waals surface area contributed by atoms with E-state index in [0.29, 0.717) is 5.92 Å². The highest BCUT2D eigenvalue weighted by molar-refractivity contribution is 5.74. The normalized spacial score (nSPS) is 22.0. The Morgan fingerprint density at radius 1 is 0.931 bits per heavy atom. The SMILES string of the molecule is CC[C@@H]1CC[C@H](C(=O)OC(C)(C)C)[C@H]1N(Cc1ccccc1)Cc1ccccc1. The lowest BCUT2D eigenvalue weighted by Crippen LogP contribution is -2.45. The highest BCUT2D eigenvalue weighted by Crippen LogP contribution is 2.39. The lowest BCUT2D eigenvalue weighted by Gasteiger charge is -2.36. The minimum absolute atomic E-state index is 0.0374. The first-order valence-electron chi connectivity index (χ1n) is 10.9. The Kier molecular flexibility index (Phi) is 7.13. The van der Waals surface area contributed by atoms with Gasteiger partial charge in [0, 0.05) is 19.1 Å². The van der Waals surface area contributed by atoms with Crippen LogP contribution in [0.2, 0.25) is 0 Å². The van der Waals surface area contributed by atoms with Crippen LogP contribution in [0, 0.1) is 11.8 Å². The third-order valence-electron chi connectivity index (χ3n) is 5.86. The van der Waals surface area contributed by atoms with Crippen molar-refractivity contribution in [1.29, 1.82) is 0 Å². The van der Waals surface area contributed by atoms with Gasteiger partial charge in [-0.15, -0.1) is 0 Å².